The summed E-state index contributed by atoms with van der Waals surface area (Å²) < 4.78 is 38.8. The van der Waals surface area contributed by atoms with E-state index >= 15 is 0 Å². The monoisotopic (exact) mass is 446 g/mol. The molecule has 0 heterocycles. The van der Waals surface area contributed by atoms with Crippen LogP contribution in [0.25, 0.3) is 0 Å². The van der Waals surface area contributed by atoms with E-state index in [1.54, 1.807) is 0 Å². The Balaban J connectivity index is 2.13. The third-order valence-corrected chi connectivity index (χ3v) is 6.69. The minimum Gasteiger partial charge on any atom is -0.748 e. The highest BCUT2D eigenvalue weighted by Crippen LogP contribution is 2.17. The van der Waals surface area contributed by atoms with Gasteiger partial charge in [-0.15, -0.1) is 0 Å². The molecule has 0 aromatic carbocycles. The van der Waals surface area contributed by atoms with Crippen LogP contribution in [0.2, 0.25) is 0 Å². The average molecular weight is 447 g/mol. The normalized spacial score (nSPS) is 16.5. The molecule has 0 radical (unpaired) electrons. The van der Waals surface area contributed by atoms with Gasteiger partial charge in [0.25, 0.3) is 0 Å². The molecule has 0 spiro atoms. The molecule has 178 valence electrons. The zero-order chi connectivity index (χ0) is 22.1. The van der Waals surface area contributed by atoms with Crippen LogP contribution in [0, 0.1) is 0 Å². The van der Waals surface area contributed by atoms with Gasteiger partial charge in [0, 0.05) is 19.0 Å². The summed E-state index contributed by atoms with van der Waals surface area (Å²) in [7, 11) is -4.43. The number of ether oxygens (including phenoxy) is 1. The number of hydrogen-bond donors (Lipinski definition) is 1. The number of esters is 1. The summed E-state index contributed by atoms with van der Waals surface area (Å²) in [6.45, 7) is 2.46. The first-order valence-corrected chi connectivity index (χ1v) is 13.8. The van der Waals surface area contributed by atoms with Crippen molar-refractivity contribution in [3.8, 4) is 0 Å². The fourth-order valence-corrected chi connectivity index (χ4v) is 4.79. The summed E-state index contributed by atoms with van der Waals surface area (Å²) in [5.41, 5.74) is 0. The topological polar surface area (TPSA) is 95.5 Å². The first-order chi connectivity index (χ1) is 14.4. The predicted octanol–water partition coefficient (Wildman–Crippen LogP) is 5.07. The Labute approximate surface area is 184 Å². The molecule has 0 saturated heterocycles. The minimum atomic E-state index is -4.43. The summed E-state index contributed by atoms with van der Waals surface area (Å²) in [6.07, 6.45) is 18.3. The van der Waals surface area contributed by atoms with E-state index in [-0.39, 0.29) is 13.0 Å². The van der Waals surface area contributed by atoms with Crippen LogP contribution in [0.1, 0.15) is 116 Å². The Morgan fingerprint density at radius 1 is 0.933 bits per heavy atom. The molecular weight excluding hydrogens is 402 g/mol. The lowest BCUT2D eigenvalue weighted by atomic mass is 9.95. The smallest absolute Gasteiger partial charge is 0.306 e. The molecular formula is C23H44NO5S-. The lowest BCUT2D eigenvalue weighted by Crippen LogP contribution is -2.41. The number of carbonyl (C=O) groups excluding carboxylic acids is 1. The molecule has 0 aromatic rings. The molecule has 7 heteroatoms. The standard InChI is InChI=1S/C23H45NO5S/c1-2-3-4-5-6-7-8-9-10-11-15-18-23(25)29-22(20-30(26,27)28)19-24-21-16-13-12-14-17-21/h21-22,24H,2-20H2,1H3,(H,26,27,28)/p-1. The first-order valence-electron chi connectivity index (χ1n) is 12.3. The highest BCUT2D eigenvalue weighted by Gasteiger charge is 2.20. The van der Waals surface area contributed by atoms with Crippen molar-refractivity contribution >= 4 is 16.1 Å². The fourth-order valence-electron chi connectivity index (χ4n) is 4.15. The number of unbranched alkanes of at least 4 members (excludes halogenated alkanes) is 10. The molecule has 30 heavy (non-hydrogen) atoms. The SMILES string of the molecule is CCCCCCCCCCCCCC(=O)OC(CNC1CCCCC1)CS(=O)(=O)[O-]. The summed E-state index contributed by atoms with van der Waals surface area (Å²) in [6, 6.07) is 0.320. The third kappa shape index (κ3) is 16.1. The van der Waals surface area contributed by atoms with Crippen molar-refractivity contribution in [2.45, 2.75) is 128 Å². The van der Waals surface area contributed by atoms with E-state index < -0.39 is 27.9 Å². The van der Waals surface area contributed by atoms with Gasteiger partial charge in [0.05, 0.1) is 15.9 Å². The second kappa shape index (κ2) is 17.0. The lowest BCUT2D eigenvalue weighted by Gasteiger charge is -2.26. The Hall–Kier alpha value is -0.660. The summed E-state index contributed by atoms with van der Waals surface area (Å²) in [5, 5.41) is 3.28. The second-order valence-electron chi connectivity index (χ2n) is 8.86. The maximum Gasteiger partial charge on any atom is 0.306 e. The van der Waals surface area contributed by atoms with Gasteiger partial charge in [0.1, 0.15) is 6.10 Å². The average Bonchev–Trinajstić information content (AvgIpc) is 2.70. The van der Waals surface area contributed by atoms with Gasteiger partial charge in [0.2, 0.25) is 0 Å². The quantitative estimate of drug-likeness (QED) is 0.179. The van der Waals surface area contributed by atoms with Crippen LogP contribution in [-0.2, 0) is 19.6 Å². The molecule has 1 aliphatic carbocycles. The van der Waals surface area contributed by atoms with Crippen molar-refractivity contribution in [3.63, 3.8) is 0 Å². The van der Waals surface area contributed by atoms with E-state index in [9.17, 15) is 17.8 Å². The van der Waals surface area contributed by atoms with Crippen LogP contribution in [0.4, 0.5) is 0 Å². The van der Waals surface area contributed by atoms with Gasteiger partial charge in [-0.05, 0) is 19.3 Å². The van der Waals surface area contributed by atoms with Crippen molar-refractivity contribution in [2.24, 2.45) is 0 Å². The van der Waals surface area contributed by atoms with E-state index in [1.807, 2.05) is 0 Å². The van der Waals surface area contributed by atoms with E-state index in [1.165, 1.54) is 57.8 Å². The first kappa shape index (κ1) is 27.4. The van der Waals surface area contributed by atoms with E-state index in [0.717, 1.165) is 44.9 Å². The largest absolute Gasteiger partial charge is 0.748 e. The Kier molecular flexibility index (Phi) is 15.5. The molecule has 1 atom stereocenters. The number of rotatable bonds is 18. The summed E-state index contributed by atoms with van der Waals surface area (Å²) in [4.78, 5) is 12.1. The number of hydrogen-bond acceptors (Lipinski definition) is 6. The molecule has 1 fully saturated rings. The van der Waals surface area contributed by atoms with Gasteiger partial charge in [0.15, 0.2) is 0 Å². The molecule has 6 nitrogen and oxygen atoms in total. The molecule has 0 bridgehead atoms. The Morgan fingerprint density at radius 2 is 1.47 bits per heavy atom. The maximum atomic E-state index is 12.1. The zero-order valence-corrected chi connectivity index (χ0v) is 19.9. The van der Waals surface area contributed by atoms with Crippen LogP contribution in [0.5, 0.6) is 0 Å². The molecule has 1 aliphatic rings. The molecule has 0 aliphatic heterocycles. The molecule has 1 saturated carbocycles. The van der Waals surface area contributed by atoms with Crippen LogP contribution in [0.3, 0.4) is 0 Å². The predicted molar refractivity (Wildman–Crippen MR) is 120 cm³/mol. The highest BCUT2D eigenvalue weighted by atomic mass is 32.2. The van der Waals surface area contributed by atoms with Crippen molar-refractivity contribution in [1.29, 1.82) is 0 Å². The Morgan fingerprint density at radius 3 is 2.00 bits per heavy atom. The van der Waals surface area contributed by atoms with Crippen molar-refractivity contribution in [3.05, 3.63) is 0 Å². The lowest BCUT2D eigenvalue weighted by molar-refractivity contribution is -0.148. The van der Waals surface area contributed by atoms with Crippen LogP contribution >= 0.6 is 0 Å². The molecule has 1 rings (SSSR count). The zero-order valence-electron chi connectivity index (χ0n) is 19.0. The van der Waals surface area contributed by atoms with Crippen LogP contribution in [-0.4, -0.2) is 43.4 Å². The summed E-state index contributed by atoms with van der Waals surface area (Å²) >= 11 is 0. The molecule has 0 aromatic heterocycles. The molecule has 1 N–H and O–H groups in total. The van der Waals surface area contributed by atoms with E-state index in [2.05, 4.69) is 12.2 Å². The Bertz CT molecular complexity index is 532. The van der Waals surface area contributed by atoms with Crippen LogP contribution < -0.4 is 5.32 Å². The van der Waals surface area contributed by atoms with Crippen molar-refractivity contribution in [1.82, 2.24) is 5.32 Å². The van der Waals surface area contributed by atoms with Gasteiger partial charge in [-0.3, -0.25) is 4.79 Å². The van der Waals surface area contributed by atoms with Gasteiger partial charge < -0.3 is 14.6 Å². The highest BCUT2D eigenvalue weighted by molar-refractivity contribution is 7.85. The maximum absolute atomic E-state index is 12.1. The van der Waals surface area contributed by atoms with E-state index in [0.29, 0.717) is 6.04 Å². The van der Waals surface area contributed by atoms with Crippen molar-refractivity contribution in [2.75, 3.05) is 12.3 Å². The molecule has 1 unspecified atom stereocenters. The molecule has 0 amide bonds. The van der Waals surface area contributed by atoms with Gasteiger partial charge in [-0.25, -0.2) is 8.42 Å². The fraction of sp³-hybridized carbons (Fsp3) is 0.957. The van der Waals surface area contributed by atoms with Gasteiger partial charge in [-0.2, -0.15) is 0 Å². The number of carbonyl (C=O) groups is 1. The van der Waals surface area contributed by atoms with Gasteiger partial charge >= 0.3 is 5.97 Å². The van der Waals surface area contributed by atoms with E-state index in [4.69, 9.17) is 4.74 Å². The minimum absolute atomic E-state index is 0.232. The van der Waals surface area contributed by atoms with Crippen LogP contribution in [0.15, 0.2) is 0 Å². The second-order valence-corrected chi connectivity index (χ2v) is 10.3. The number of nitrogens with one attached hydrogen (secondary N) is 1. The van der Waals surface area contributed by atoms with Crippen molar-refractivity contribution < 1.29 is 22.5 Å². The summed E-state index contributed by atoms with van der Waals surface area (Å²) in [5.74, 6) is -1.05. The third-order valence-electron chi connectivity index (χ3n) is 5.91. The van der Waals surface area contributed by atoms with Gasteiger partial charge in [-0.1, -0.05) is 90.4 Å².